The minimum absolute atomic E-state index is 0.0133. The van der Waals surface area contributed by atoms with Gasteiger partial charge in [-0.25, -0.2) is 0 Å². The first-order chi connectivity index (χ1) is 15.3. The molecule has 1 unspecified atom stereocenters. The number of nitrogens with zero attached hydrogens (tertiary/aromatic N) is 2. The quantitative estimate of drug-likeness (QED) is 0.322. The van der Waals surface area contributed by atoms with Crippen LogP contribution in [0.3, 0.4) is 0 Å². The molecule has 8 nitrogen and oxygen atoms in total. The van der Waals surface area contributed by atoms with Crippen LogP contribution in [0.5, 0.6) is 0 Å². The molecule has 3 rings (SSSR count). The molecule has 0 aromatic heterocycles. The molecule has 0 spiro atoms. The Balaban J connectivity index is 1.96. The summed E-state index contributed by atoms with van der Waals surface area (Å²) in [4.78, 5) is 37.6. The summed E-state index contributed by atoms with van der Waals surface area (Å²) in [5.41, 5.74) is 2.82. The van der Waals surface area contributed by atoms with Crippen LogP contribution in [0.15, 0.2) is 48.5 Å². The predicted molar refractivity (Wildman–Crippen MR) is 122 cm³/mol. The highest BCUT2D eigenvalue weighted by Gasteiger charge is 2.28. The lowest BCUT2D eigenvalue weighted by molar-refractivity contribution is -0.384. The molecule has 1 aliphatic heterocycles. The highest BCUT2D eigenvalue weighted by molar-refractivity contribution is 5.95. The van der Waals surface area contributed by atoms with Crippen molar-refractivity contribution < 1.29 is 19.2 Å². The van der Waals surface area contributed by atoms with Gasteiger partial charge >= 0.3 is 5.97 Å². The number of rotatable bonds is 6. The van der Waals surface area contributed by atoms with E-state index < -0.39 is 16.9 Å². The van der Waals surface area contributed by atoms with Crippen molar-refractivity contribution in [1.29, 1.82) is 0 Å². The van der Waals surface area contributed by atoms with Crippen LogP contribution in [0.4, 0.5) is 5.69 Å². The molecule has 168 valence electrons. The number of piperazine rings is 1. The van der Waals surface area contributed by atoms with Crippen LogP contribution >= 0.6 is 0 Å². The SMILES string of the molecule is COC(=O)C1CN(C(=O)C=Cc2cccc([N+](=O)[O-])c2-c2ccccc2C(C)C)CCN1. The Kier molecular flexibility index (Phi) is 7.37. The highest BCUT2D eigenvalue weighted by Crippen LogP contribution is 2.38. The summed E-state index contributed by atoms with van der Waals surface area (Å²) in [5, 5.41) is 14.8. The number of hydrogen-bond acceptors (Lipinski definition) is 6. The third-order valence-corrected chi connectivity index (χ3v) is 5.50. The molecule has 0 bridgehead atoms. The fraction of sp³-hybridized carbons (Fsp3) is 0.333. The maximum Gasteiger partial charge on any atom is 0.324 e. The van der Waals surface area contributed by atoms with E-state index >= 15 is 0 Å². The lowest BCUT2D eigenvalue weighted by Crippen LogP contribution is -2.55. The number of esters is 1. The van der Waals surface area contributed by atoms with Gasteiger partial charge in [0, 0.05) is 31.8 Å². The van der Waals surface area contributed by atoms with E-state index in [0.717, 1.165) is 11.1 Å². The Hall–Kier alpha value is -3.52. The topological polar surface area (TPSA) is 102 Å². The van der Waals surface area contributed by atoms with Crippen molar-refractivity contribution >= 4 is 23.6 Å². The van der Waals surface area contributed by atoms with Crippen molar-refractivity contribution in [3.05, 3.63) is 69.8 Å². The fourth-order valence-corrected chi connectivity index (χ4v) is 3.89. The molecular formula is C24H27N3O5. The number of ether oxygens (including phenoxy) is 1. The van der Waals surface area contributed by atoms with Crippen molar-refractivity contribution in [3.8, 4) is 11.1 Å². The summed E-state index contributed by atoms with van der Waals surface area (Å²) in [6.45, 7) is 5.20. The monoisotopic (exact) mass is 437 g/mol. The molecule has 2 aromatic rings. The number of nitrogens with one attached hydrogen (secondary N) is 1. The fourth-order valence-electron chi connectivity index (χ4n) is 3.89. The average molecular weight is 437 g/mol. The zero-order chi connectivity index (χ0) is 23.3. The molecule has 0 aliphatic carbocycles. The number of carbonyl (C=O) groups is 2. The van der Waals surface area contributed by atoms with Gasteiger partial charge in [0.05, 0.1) is 17.6 Å². The van der Waals surface area contributed by atoms with Crippen LogP contribution < -0.4 is 5.32 Å². The third kappa shape index (κ3) is 5.03. The standard InChI is InChI=1S/C24H27N3O5/c1-16(2)18-8-4-5-9-19(18)23-17(7-6-10-21(23)27(30)31)11-12-22(28)26-14-13-25-20(15-26)24(29)32-3/h4-12,16,20,25H,13-15H2,1-3H3. The number of nitro groups is 1. The van der Waals surface area contributed by atoms with E-state index in [0.29, 0.717) is 24.2 Å². The van der Waals surface area contributed by atoms with Crippen molar-refractivity contribution in [2.24, 2.45) is 0 Å². The molecule has 1 amide bonds. The van der Waals surface area contributed by atoms with Crippen LogP contribution in [-0.4, -0.2) is 54.5 Å². The second-order valence-electron chi connectivity index (χ2n) is 7.89. The molecule has 1 heterocycles. The molecule has 0 saturated carbocycles. The summed E-state index contributed by atoms with van der Waals surface area (Å²) < 4.78 is 4.76. The van der Waals surface area contributed by atoms with Gasteiger partial charge in [0.1, 0.15) is 6.04 Å². The van der Waals surface area contributed by atoms with Crippen molar-refractivity contribution in [1.82, 2.24) is 10.2 Å². The summed E-state index contributed by atoms with van der Waals surface area (Å²) >= 11 is 0. The number of methoxy groups -OCH3 is 1. The first-order valence-electron chi connectivity index (χ1n) is 10.5. The molecule has 1 aliphatic rings. The van der Waals surface area contributed by atoms with Gasteiger partial charge in [-0.1, -0.05) is 50.2 Å². The van der Waals surface area contributed by atoms with Gasteiger partial charge in [0.2, 0.25) is 5.91 Å². The smallest absolute Gasteiger partial charge is 0.324 e. The van der Waals surface area contributed by atoms with Gasteiger partial charge in [0.25, 0.3) is 5.69 Å². The highest BCUT2D eigenvalue weighted by atomic mass is 16.6. The van der Waals surface area contributed by atoms with Gasteiger partial charge in [-0.2, -0.15) is 0 Å². The van der Waals surface area contributed by atoms with E-state index in [4.69, 9.17) is 4.74 Å². The zero-order valence-electron chi connectivity index (χ0n) is 18.4. The lowest BCUT2D eigenvalue weighted by atomic mass is 9.89. The third-order valence-electron chi connectivity index (χ3n) is 5.50. The van der Waals surface area contributed by atoms with Gasteiger partial charge in [-0.3, -0.25) is 19.7 Å². The van der Waals surface area contributed by atoms with Gasteiger partial charge < -0.3 is 15.0 Å². The van der Waals surface area contributed by atoms with Gasteiger partial charge in [-0.05, 0) is 28.7 Å². The Morgan fingerprint density at radius 2 is 1.97 bits per heavy atom. The molecular weight excluding hydrogens is 410 g/mol. The van der Waals surface area contributed by atoms with Gasteiger partial charge in [0.15, 0.2) is 0 Å². The van der Waals surface area contributed by atoms with E-state index in [2.05, 4.69) is 5.32 Å². The molecule has 1 N–H and O–H groups in total. The Morgan fingerprint density at radius 3 is 2.66 bits per heavy atom. The maximum absolute atomic E-state index is 12.8. The first kappa shape index (κ1) is 23.1. The minimum atomic E-state index is -0.572. The zero-order valence-corrected chi connectivity index (χ0v) is 18.4. The van der Waals surface area contributed by atoms with Crippen molar-refractivity contribution in [3.63, 3.8) is 0 Å². The molecule has 2 aromatic carbocycles. The Labute approximate surface area is 187 Å². The molecule has 1 fully saturated rings. The molecule has 1 saturated heterocycles. The second kappa shape index (κ2) is 10.2. The number of hydrogen-bond donors (Lipinski definition) is 1. The van der Waals surface area contributed by atoms with Crippen molar-refractivity contribution in [2.75, 3.05) is 26.7 Å². The number of benzene rings is 2. The van der Waals surface area contributed by atoms with E-state index in [9.17, 15) is 19.7 Å². The summed E-state index contributed by atoms with van der Waals surface area (Å²) in [7, 11) is 1.31. The predicted octanol–water partition coefficient (Wildman–Crippen LogP) is 3.37. The van der Waals surface area contributed by atoms with E-state index in [-0.39, 0.29) is 24.1 Å². The normalized spacial score (nSPS) is 16.4. The average Bonchev–Trinajstić information content (AvgIpc) is 2.81. The molecule has 0 radical (unpaired) electrons. The second-order valence-corrected chi connectivity index (χ2v) is 7.89. The van der Waals surface area contributed by atoms with E-state index in [1.165, 1.54) is 19.3 Å². The minimum Gasteiger partial charge on any atom is -0.468 e. The van der Waals surface area contributed by atoms with E-state index in [1.807, 2.05) is 38.1 Å². The maximum atomic E-state index is 12.8. The lowest BCUT2D eigenvalue weighted by Gasteiger charge is -2.31. The van der Waals surface area contributed by atoms with Crippen LogP contribution in [0, 0.1) is 10.1 Å². The molecule has 1 atom stereocenters. The van der Waals surface area contributed by atoms with Crippen LogP contribution in [0.25, 0.3) is 17.2 Å². The van der Waals surface area contributed by atoms with Crippen LogP contribution in [-0.2, 0) is 14.3 Å². The number of nitro benzene ring substituents is 1. The van der Waals surface area contributed by atoms with Crippen molar-refractivity contribution in [2.45, 2.75) is 25.8 Å². The number of amides is 1. The summed E-state index contributed by atoms with van der Waals surface area (Å²) in [6.07, 6.45) is 3.01. The summed E-state index contributed by atoms with van der Waals surface area (Å²) in [6, 6.07) is 11.9. The summed E-state index contributed by atoms with van der Waals surface area (Å²) in [5.74, 6) is -0.520. The molecule has 32 heavy (non-hydrogen) atoms. The molecule has 8 heteroatoms. The van der Waals surface area contributed by atoms with E-state index in [1.54, 1.807) is 23.1 Å². The van der Waals surface area contributed by atoms with Crippen LogP contribution in [0.2, 0.25) is 0 Å². The largest absolute Gasteiger partial charge is 0.468 e. The van der Waals surface area contributed by atoms with Crippen LogP contribution in [0.1, 0.15) is 30.9 Å². The van der Waals surface area contributed by atoms with Gasteiger partial charge in [-0.15, -0.1) is 0 Å². The first-order valence-corrected chi connectivity index (χ1v) is 10.5. The Bertz CT molecular complexity index is 1050. The number of carbonyl (C=O) groups excluding carboxylic acids is 2. The Morgan fingerprint density at radius 1 is 1.22 bits per heavy atom.